The fourth-order valence-electron chi connectivity index (χ4n) is 3.33. The summed E-state index contributed by atoms with van der Waals surface area (Å²) in [5, 5.41) is 0.0852. The highest BCUT2D eigenvalue weighted by atomic mass is 35.5. The minimum atomic E-state index is -3.54. The number of ether oxygens (including phenoxy) is 1. The minimum Gasteiger partial charge on any atom is -0.497 e. The molecule has 0 saturated carbocycles. The Kier molecular flexibility index (Phi) is 6.67. The molecule has 3 rings (SSSR count). The zero-order chi connectivity index (χ0) is 21.9. The van der Waals surface area contributed by atoms with E-state index in [1.807, 2.05) is 24.3 Å². The van der Waals surface area contributed by atoms with Crippen LogP contribution in [0.2, 0.25) is 5.02 Å². The largest absolute Gasteiger partial charge is 0.497 e. The van der Waals surface area contributed by atoms with Crippen molar-refractivity contribution in [1.29, 1.82) is 0 Å². The summed E-state index contributed by atoms with van der Waals surface area (Å²) in [4.78, 5) is 28.7. The molecular formula is C21H23ClN2O5S. The molecule has 1 fully saturated rings. The Morgan fingerprint density at radius 3 is 2.33 bits per heavy atom. The van der Waals surface area contributed by atoms with Crippen LogP contribution in [0.25, 0.3) is 0 Å². The molecule has 0 aromatic heterocycles. The molecule has 160 valence electrons. The minimum absolute atomic E-state index is 0.0128. The van der Waals surface area contributed by atoms with Gasteiger partial charge in [0.1, 0.15) is 5.75 Å². The Hall–Kier alpha value is -2.58. The third-order valence-corrected chi connectivity index (χ3v) is 6.57. The number of carbonyl (C=O) groups excluding carboxylic acids is 2. The summed E-state index contributed by atoms with van der Waals surface area (Å²) in [6, 6.07) is 11.6. The topological polar surface area (TPSA) is 84.0 Å². The summed E-state index contributed by atoms with van der Waals surface area (Å²) < 4.78 is 28.9. The lowest BCUT2D eigenvalue weighted by molar-refractivity contribution is -0.131. The fourth-order valence-corrected chi connectivity index (χ4v) is 4.63. The molecule has 7 nitrogen and oxygen atoms in total. The van der Waals surface area contributed by atoms with Crippen LogP contribution < -0.4 is 4.74 Å². The van der Waals surface area contributed by atoms with Crippen molar-refractivity contribution in [3.8, 4) is 5.75 Å². The lowest BCUT2D eigenvalue weighted by Crippen LogP contribution is -2.51. The monoisotopic (exact) mass is 450 g/mol. The van der Waals surface area contributed by atoms with E-state index in [0.717, 1.165) is 11.8 Å². The average molecular weight is 451 g/mol. The van der Waals surface area contributed by atoms with E-state index in [0.29, 0.717) is 31.9 Å². The van der Waals surface area contributed by atoms with Crippen LogP contribution in [0, 0.1) is 0 Å². The Labute approximate surface area is 181 Å². The van der Waals surface area contributed by atoms with Gasteiger partial charge in [-0.2, -0.15) is 0 Å². The van der Waals surface area contributed by atoms with Crippen molar-refractivity contribution in [2.75, 3.05) is 39.5 Å². The van der Waals surface area contributed by atoms with Gasteiger partial charge in [0.25, 0.3) is 5.91 Å². The van der Waals surface area contributed by atoms with Crippen LogP contribution in [0.4, 0.5) is 0 Å². The number of carbonyl (C=O) groups is 2. The Bertz CT molecular complexity index is 1060. The van der Waals surface area contributed by atoms with Gasteiger partial charge < -0.3 is 14.5 Å². The normalized spacial score (nSPS) is 14.5. The molecule has 1 aliphatic heterocycles. The van der Waals surface area contributed by atoms with Crippen LogP contribution in [0.5, 0.6) is 5.75 Å². The Morgan fingerprint density at radius 1 is 1.03 bits per heavy atom. The molecule has 9 heteroatoms. The number of methoxy groups -OCH3 is 1. The fraction of sp³-hybridized carbons (Fsp3) is 0.333. The molecule has 1 aliphatic rings. The van der Waals surface area contributed by atoms with Gasteiger partial charge in [0.15, 0.2) is 9.84 Å². The molecule has 1 saturated heterocycles. The SMILES string of the molecule is COc1cccc(CC(=O)N2CCN(C(=O)c3ccc(Cl)c(S(C)(=O)=O)c3)CC2)c1. The first-order valence-electron chi connectivity index (χ1n) is 9.38. The van der Waals surface area contributed by atoms with Crippen molar-refractivity contribution in [2.45, 2.75) is 11.3 Å². The van der Waals surface area contributed by atoms with E-state index >= 15 is 0 Å². The maximum Gasteiger partial charge on any atom is 0.254 e. The lowest BCUT2D eigenvalue weighted by Gasteiger charge is -2.35. The standard InChI is InChI=1S/C21H23ClN2O5S/c1-29-17-5-3-4-15(12-17)13-20(25)23-8-10-24(11-9-23)21(26)16-6-7-18(22)19(14-16)30(2,27)28/h3-7,12,14H,8-11,13H2,1-2H3. The molecule has 2 aromatic carbocycles. The number of hydrogen-bond donors (Lipinski definition) is 0. The van der Waals surface area contributed by atoms with E-state index in [1.54, 1.807) is 16.9 Å². The number of rotatable bonds is 5. The molecule has 30 heavy (non-hydrogen) atoms. The number of sulfone groups is 1. The first kappa shape index (κ1) is 22.1. The molecule has 0 atom stereocenters. The van der Waals surface area contributed by atoms with Crippen LogP contribution in [0.1, 0.15) is 15.9 Å². The summed E-state index contributed by atoms with van der Waals surface area (Å²) in [6.45, 7) is 1.58. The molecule has 0 spiro atoms. The maximum atomic E-state index is 12.8. The van der Waals surface area contributed by atoms with Crippen molar-refractivity contribution in [3.05, 3.63) is 58.6 Å². The predicted molar refractivity (Wildman–Crippen MR) is 114 cm³/mol. The van der Waals surface area contributed by atoms with Crippen LogP contribution in [-0.2, 0) is 21.1 Å². The Balaban J connectivity index is 1.62. The molecule has 2 amide bonds. The van der Waals surface area contributed by atoms with Gasteiger partial charge in [0.2, 0.25) is 5.91 Å². The second-order valence-electron chi connectivity index (χ2n) is 7.12. The van der Waals surface area contributed by atoms with Gasteiger partial charge in [-0.15, -0.1) is 0 Å². The van der Waals surface area contributed by atoms with Crippen molar-refractivity contribution in [2.24, 2.45) is 0 Å². The van der Waals surface area contributed by atoms with Gasteiger partial charge in [0, 0.05) is 38.0 Å². The van der Waals surface area contributed by atoms with Crippen LogP contribution in [0.15, 0.2) is 47.4 Å². The molecular weight excluding hydrogens is 428 g/mol. The number of piperazine rings is 1. The second kappa shape index (κ2) is 9.06. The number of amides is 2. The molecule has 1 heterocycles. The molecule has 0 radical (unpaired) electrons. The molecule has 2 aromatic rings. The zero-order valence-electron chi connectivity index (χ0n) is 16.8. The van der Waals surface area contributed by atoms with Crippen molar-refractivity contribution in [3.63, 3.8) is 0 Å². The van der Waals surface area contributed by atoms with Crippen LogP contribution >= 0.6 is 11.6 Å². The lowest BCUT2D eigenvalue weighted by atomic mass is 10.1. The number of hydrogen-bond acceptors (Lipinski definition) is 5. The summed E-state index contributed by atoms with van der Waals surface area (Å²) in [6.07, 6.45) is 1.31. The van der Waals surface area contributed by atoms with Gasteiger partial charge in [-0.25, -0.2) is 8.42 Å². The first-order valence-corrected chi connectivity index (χ1v) is 11.7. The zero-order valence-corrected chi connectivity index (χ0v) is 18.4. The van der Waals surface area contributed by atoms with E-state index in [-0.39, 0.29) is 33.7 Å². The first-order chi connectivity index (χ1) is 14.2. The third-order valence-electron chi connectivity index (χ3n) is 4.99. The smallest absolute Gasteiger partial charge is 0.254 e. The van der Waals surface area contributed by atoms with E-state index in [9.17, 15) is 18.0 Å². The quantitative estimate of drug-likeness (QED) is 0.697. The van der Waals surface area contributed by atoms with Crippen LogP contribution in [0.3, 0.4) is 0 Å². The van der Waals surface area contributed by atoms with E-state index < -0.39 is 9.84 Å². The highest BCUT2D eigenvalue weighted by Crippen LogP contribution is 2.23. The number of halogens is 1. The maximum absolute atomic E-state index is 12.8. The summed E-state index contributed by atoms with van der Waals surface area (Å²) in [7, 11) is -1.96. The van der Waals surface area contributed by atoms with Crippen molar-refractivity contribution in [1.82, 2.24) is 9.80 Å². The van der Waals surface area contributed by atoms with Gasteiger partial charge in [0.05, 0.1) is 23.4 Å². The van der Waals surface area contributed by atoms with E-state index in [2.05, 4.69) is 0 Å². The molecule has 0 bridgehead atoms. The molecule has 0 N–H and O–H groups in total. The predicted octanol–water partition coefficient (Wildman–Crippen LogP) is 2.28. The van der Waals surface area contributed by atoms with Gasteiger partial charge in [-0.05, 0) is 35.9 Å². The van der Waals surface area contributed by atoms with Crippen molar-refractivity contribution >= 4 is 33.3 Å². The average Bonchev–Trinajstić information content (AvgIpc) is 2.73. The number of nitrogens with zero attached hydrogens (tertiary/aromatic N) is 2. The summed E-state index contributed by atoms with van der Waals surface area (Å²) in [5.74, 6) is 0.407. The Morgan fingerprint density at radius 2 is 1.70 bits per heavy atom. The molecule has 0 aliphatic carbocycles. The highest BCUT2D eigenvalue weighted by Gasteiger charge is 2.26. The van der Waals surface area contributed by atoms with Crippen LogP contribution in [-0.4, -0.2) is 69.6 Å². The molecule has 0 unspecified atom stereocenters. The van der Waals surface area contributed by atoms with E-state index in [4.69, 9.17) is 16.3 Å². The summed E-state index contributed by atoms with van der Waals surface area (Å²) >= 11 is 5.95. The van der Waals surface area contributed by atoms with Gasteiger partial charge >= 0.3 is 0 Å². The van der Waals surface area contributed by atoms with Gasteiger partial charge in [-0.3, -0.25) is 9.59 Å². The number of benzene rings is 2. The van der Waals surface area contributed by atoms with E-state index in [1.165, 1.54) is 18.2 Å². The van der Waals surface area contributed by atoms with Gasteiger partial charge in [-0.1, -0.05) is 23.7 Å². The third kappa shape index (κ3) is 5.12. The highest BCUT2D eigenvalue weighted by molar-refractivity contribution is 7.90. The second-order valence-corrected chi connectivity index (χ2v) is 9.51. The summed E-state index contributed by atoms with van der Waals surface area (Å²) in [5.41, 5.74) is 1.13. The van der Waals surface area contributed by atoms with Crippen molar-refractivity contribution < 1.29 is 22.7 Å².